The lowest BCUT2D eigenvalue weighted by Crippen LogP contribution is -2.19. The summed E-state index contributed by atoms with van der Waals surface area (Å²) in [7, 11) is -3.97. The van der Waals surface area contributed by atoms with Crippen molar-refractivity contribution in [2.24, 2.45) is 5.14 Å². The van der Waals surface area contributed by atoms with Crippen molar-refractivity contribution in [2.75, 3.05) is 0 Å². The van der Waals surface area contributed by atoms with Crippen molar-refractivity contribution in [3.05, 3.63) is 40.4 Å². The quantitative estimate of drug-likeness (QED) is 0.920. The first-order valence-corrected chi connectivity index (χ1v) is 7.64. The molecule has 0 amide bonds. The Morgan fingerprint density at radius 2 is 2.10 bits per heavy atom. The van der Waals surface area contributed by atoms with Crippen LogP contribution in [0.3, 0.4) is 0 Å². The van der Waals surface area contributed by atoms with E-state index in [9.17, 15) is 12.8 Å². The molecule has 6 nitrogen and oxygen atoms in total. The van der Waals surface area contributed by atoms with E-state index in [2.05, 4.69) is 10.2 Å². The van der Waals surface area contributed by atoms with Crippen LogP contribution in [-0.2, 0) is 23.0 Å². The number of nitrogens with two attached hydrogens (primary N) is 1. The minimum absolute atomic E-state index is 0.0296. The third-order valence-corrected chi connectivity index (χ3v) is 3.93. The van der Waals surface area contributed by atoms with Gasteiger partial charge in [0, 0.05) is 23.6 Å². The molecule has 0 fully saturated rings. The zero-order valence-corrected chi connectivity index (χ0v) is 12.1. The van der Waals surface area contributed by atoms with Crippen molar-refractivity contribution < 1.29 is 12.8 Å². The summed E-state index contributed by atoms with van der Waals surface area (Å²) in [4.78, 5) is 0. The molecule has 0 aliphatic rings. The fourth-order valence-electron chi connectivity index (χ4n) is 1.84. The van der Waals surface area contributed by atoms with Crippen molar-refractivity contribution >= 4 is 21.6 Å². The Balaban J connectivity index is 2.48. The average Bonchev–Trinajstić information content (AvgIpc) is 2.76. The highest BCUT2D eigenvalue weighted by Crippen LogP contribution is 2.22. The number of benzene rings is 1. The molecule has 0 bridgehead atoms. The van der Waals surface area contributed by atoms with Crippen LogP contribution < -0.4 is 5.14 Å². The van der Waals surface area contributed by atoms with E-state index in [1.807, 2.05) is 0 Å². The van der Waals surface area contributed by atoms with Crippen LogP contribution in [-0.4, -0.2) is 23.2 Å². The van der Waals surface area contributed by atoms with Crippen LogP contribution in [0.5, 0.6) is 0 Å². The molecular weight excluding hydrogens is 307 g/mol. The predicted molar refractivity (Wildman–Crippen MR) is 71.3 cm³/mol. The number of hydrogen-bond donors (Lipinski definition) is 1. The SMILES string of the molecule is CCn1c(Cc2c(F)cccc2Cl)nnc1S(N)(=O)=O. The van der Waals surface area contributed by atoms with Gasteiger partial charge in [-0.05, 0) is 19.1 Å². The van der Waals surface area contributed by atoms with Gasteiger partial charge < -0.3 is 4.57 Å². The molecule has 2 N–H and O–H groups in total. The van der Waals surface area contributed by atoms with Crippen molar-refractivity contribution in [2.45, 2.75) is 25.0 Å². The molecule has 9 heteroatoms. The van der Waals surface area contributed by atoms with Crippen LogP contribution in [0.4, 0.5) is 4.39 Å². The van der Waals surface area contributed by atoms with Gasteiger partial charge in [0.2, 0.25) is 0 Å². The lowest BCUT2D eigenvalue weighted by atomic mass is 10.1. The standard InChI is InChI=1S/C11H12ClFN4O2S/c1-2-17-10(15-16-11(17)20(14,18)19)6-7-8(12)4-3-5-9(7)13/h3-5H,2,6H2,1H3,(H2,14,18,19). The Morgan fingerprint density at radius 3 is 2.65 bits per heavy atom. The number of halogens is 2. The summed E-state index contributed by atoms with van der Waals surface area (Å²) in [6, 6.07) is 4.31. The number of primary sulfonamides is 1. The van der Waals surface area contributed by atoms with Gasteiger partial charge in [0.05, 0.1) is 0 Å². The van der Waals surface area contributed by atoms with Crippen LogP contribution in [0.2, 0.25) is 5.02 Å². The van der Waals surface area contributed by atoms with Gasteiger partial charge in [-0.2, -0.15) is 0 Å². The molecule has 1 aromatic heterocycles. The summed E-state index contributed by atoms with van der Waals surface area (Å²) < 4.78 is 37.8. The highest BCUT2D eigenvalue weighted by Gasteiger charge is 2.21. The van der Waals surface area contributed by atoms with E-state index in [0.29, 0.717) is 6.54 Å². The number of rotatable bonds is 4. The Bertz CT molecular complexity index is 725. The molecule has 0 spiro atoms. The van der Waals surface area contributed by atoms with Crippen LogP contribution in [0.15, 0.2) is 23.4 Å². The highest BCUT2D eigenvalue weighted by atomic mass is 35.5. The second-order valence-corrected chi connectivity index (χ2v) is 5.93. The van der Waals surface area contributed by atoms with E-state index in [1.54, 1.807) is 13.0 Å². The first-order chi connectivity index (χ1) is 9.34. The summed E-state index contributed by atoms with van der Waals surface area (Å²) >= 11 is 5.93. The van der Waals surface area contributed by atoms with Crippen molar-refractivity contribution in [1.29, 1.82) is 0 Å². The summed E-state index contributed by atoms with van der Waals surface area (Å²) in [5.41, 5.74) is 0.234. The van der Waals surface area contributed by atoms with E-state index in [-0.39, 0.29) is 28.0 Å². The maximum absolute atomic E-state index is 13.7. The topological polar surface area (TPSA) is 90.9 Å². The largest absolute Gasteiger partial charge is 0.301 e. The van der Waals surface area contributed by atoms with Gasteiger partial charge in [0.15, 0.2) is 0 Å². The minimum Gasteiger partial charge on any atom is -0.301 e. The number of hydrogen-bond acceptors (Lipinski definition) is 4. The molecule has 1 aromatic carbocycles. The van der Waals surface area contributed by atoms with E-state index < -0.39 is 15.8 Å². The van der Waals surface area contributed by atoms with Gasteiger partial charge in [-0.25, -0.2) is 17.9 Å². The zero-order chi connectivity index (χ0) is 14.9. The molecule has 0 atom stereocenters. The number of nitrogens with zero attached hydrogens (tertiary/aromatic N) is 3. The molecular formula is C11H12ClFN4O2S. The van der Waals surface area contributed by atoms with Crippen LogP contribution in [0.25, 0.3) is 0 Å². The molecule has 108 valence electrons. The molecule has 2 rings (SSSR count). The first kappa shape index (κ1) is 14.9. The lowest BCUT2D eigenvalue weighted by molar-refractivity contribution is 0.563. The third-order valence-electron chi connectivity index (χ3n) is 2.76. The zero-order valence-electron chi connectivity index (χ0n) is 10.5. The van der Waals surface area contributed by atoms with Crippen molar-refractivity contribution in [3.63, 3.8) is 0 Å². The maximum Gasteiger partial charge on any atom is 0.273 e. The van der Waals surface area contributed by atoms with E-state index >= 15 is 0 Å². The summed E-state index contributed by atoms with van der Waals surface area (Å²) in [5.74, 6) is -0.205. The van der Waals surface area contributed by atoms with Crippen LogP contribution in [0.1, 0.15) is 18.3 Å². The Hall–Kier alpha value is -1.51. The van der Waals surface area contributed by atoms with Crippen LogP contribution in [0, 0.1) is 5.82 Å². The van der Waals surface area contributed by atoms with E-state index in [0.717, 1.165) is 0 Å². The molecule has 0 saturated carbocycles. The summed E-state index contributed by atoms with van der Waals surface area (Å²) in [5, 5.41) is 12.3. The van der Waals surface area contributed by atoms with Crippen LogP contribution >= 0.6 is 11.6 Å². The van der Waals surface area contributed by atoms with Gasteiger partial charge in [0.1, 0.15) is 11.6 Å². The van der Waals surface area contributed by atoms with E-state index in [1.165, 1.54) is 16.7 Å². The third kappa shape index (κ3) is 2.82. The molecule has 0 radical (unpaired) electrons. The minimum atomic E-state index is -3.97. The molecule has 1 heterocycles. The van der Waals surface area contributed by atoms with E-state index in [4.69, 9.17) is 16.7 Å². The lowest BCUT2D eigenvalue weighted by Gasteiger charge is -2.08. The molecule has 0 aliphatic carbocycles. The Morgan fingerprint density at radius 1 is 1.40 bits per heavy atom. The smallest absolute Gasteiger partial charge is 0.273 e. The fourth-order valence-corrected chi connectivity index (χ4v) is 2.76. The van der Waals surface area contributed by atoms with Gasteiger partial charge >= 0.3 is 0 Å². The number of aromatic nitrogens is 3. The summed E-state index contributed by atoms with van der Waals surface area (Å²) in [6.07, 6.45) is 0.0296. The second-order valence-electron chi connectivity index (χ2n) is 4.07. The maximum atomic E-state index is 13.7. The normalized spacial score (nSPS) is 11.8. The number of sulfonamides is 1. The predicted octanol–water partition coefficient (Wildman–Crippen LogP) is 1.33. The first-order valence-electron chi connectivity index (χ1n) is 5.72. The fraction of sp³-hybridized carbons (Fsp3) is 0.273. The Kier molecular flexibility index (Phi) is 4.07. The highest BCUT2D eigenvalue weighted by molar-refractivity contribution is 7.89. The van der Waals surface area contributed by atoms with Crippen molar-refractivity contribution in [3.8, 4) is 0 Å². The summed E-state index contributed by atoms with van der Waals surface area (Å²) in [6.45, 7) is 2.00. The van der Waals surface area contributed by atoms with Gasteiger partial charge in [-0.1, -0.05) is 17.7 Å². The average molecular weight is 319 g/mol. The second kappa shape index (κ2) is 5.47. The molecule has 0 aliphatic heterocycles. The van der Waals surface area contributed by atoms with Gasteiger partial charge in [-0.3, -0.25) is 0 Å². The molecule has 0 unspecified atom stereocenters. The van der Waals surface area contributed by atoms with Gasteiger partial charge in [-0.15, -0.1) is 10.2 Å². The van der Waals surface area contributed by atoms with Gasteiger partial charge in [0.25, 0.3) is 15.2 Å². The Labute approximate surface area is 120 Å². The molecule has 20 heavy (non-hydrogen) atoms. The molecule has 0 saturated heterocycles. The van der Waals surface area contributed by atoms with Crippen molar-refractivity contribution in [1.82, 2.24) is 14.8 Å². The molecule has 2 aromatic rings. The monoisotopic (exact) mass is 318 g/mol.